The Kier molecular flexibility index (Phi) is 8.46. The highest BCUT2D eigenvalue weighted by atomic mass is 79.9. The average molecular weight is 398 g/mol. The maximum absolute atomic E-state index is 11.7. The van der Waals surface area contributed by atoms with Crippen LogP contribution in [0.25, 0.3) is 0 Å². The van der Waals surface area contributed by atoms with E-state index in [0.717, 1.165) is 10.0 Å². The van der Waals surface area contributed by atoms with Gasteiger partial charge in [-0.05, 0) is 53.4 Å². The predicted molar refractivity (Wildman–Crippen MR) is 98.1 cm³/mol. The summed E-state index contributed by atoms with van der Waals surface area (Å²) >= 11 is 3.38. The molecule has 24 heavy (non-hydrogen) atoms. The molecule has 0 unspecified atom stereocenters. The fourth-order valence-electron chi connectivity index (χ4n) is 1.71. The molecule has 1 aromatic carbocycles. The van der Waals surface area contributed by atoms with E-state index in [1.54, 1.807) is 13.0 Å². The van der Waals surface area contributed by atoms with Crippen LogP contribution in [0.3, 0.4) is 0 Å². The molecule has 132 valence electrons. The number of benzene rings is 1. The summed E-state index contributed by atoms with van der Waals surface area (Å²) in [5.74, 6) is 0.483. The number of halogens is 1. The first-order valence-corrected chi connectivity index (χ1v) is 8.55. The van der Waals surface area contributed by atoms with E-state index >= 15 is 0 Å². The van der Waals surface area contributed by atoms with Gasteiger partial charge in [0.2, 0.25) is 5.91 Å². The van der Waals surface area contributed by atoms with Crippen LogP contribution in [-0.4, -0.2) is 30.7 Å². The lowest BCUT2D eigenvalue weighted by atomic mass is 10.2. The molecule has 0 aliphatic carbocycles. The topological polar surface area (TPSA) is 79.8 Å². The zero-order valence-electron chi connectivity index (χ0n) is 14.5. The summed E-state index contributed by atoms with van der Waals surface area (Å²) in [6.07, 6.45) is 0.150. The van der Waals surface area contributed by atoms with Gasteiger partial charge in [0.1, 0.15) is 5.75 Å². The van der Waals surface area contributed by atoms with Crippen molar-refractivity contribution >= 4 is 33.5 Å². The van der Waals surface area contributed by atoms with Gasteiger partial charge < -0.3 is 10.1 Å². The summed E-state index contributed by atoms with van der Waals surface area (Å²) < 4.78 is 6.21. The molecule has 2 N–H and O–H groups in total. The third-order valence-electron chi connectivity index (χ3n) is 2.94. The highest BCUT2D eigenvalue weighted by molar-refractivity contribution is 9.10. The zero-order valence-corrected chi connectivity index (χ0v) is 16.1. The number of hydrogen-bond donors (Lipinski definition) is 2. The van der Waals surface area contributed by atoms with Crippen molar-refractivity contribution in [3.63, 3.8) is 0 Å². The molecule has 1 aromatic rings. The minimum atomic E-state index is -0.385. The molecule has 2 amide bonds. The van der Waals surface area contributed by atoms with E-state index in [9.17, 15) is 9.59 Å². The molecule has 0 saturated heterocycles. The number of hydrogen-bond acceptors (Lipinski definition) is 4. The summed E-state index contributed by atoms with van der Waals surface area (Å²) in [6, 6.07) is 5.60. The maximum Gasteiger partial charge on any atom is 0.277 e. The predicted octanol–water partition coefficient (Wildman–Crippen LogP) is 2.79. The van der Waals surface area contributed by atoms with Crippen LogP contribution in [0.1, 0.15) is 32.8 Å². The molecule has 0 fully saturated rings. The summed E-state index contributed by atoms with van der Waals surface area (Å²) in [5, 5.41) is 6.70. The van der Waals surface area contributed by atoms with Crippen LogP contribution >= 0.6 is 15.9 Å². The van der Waals surface area contributed by atoms with Gasteiger partial charge in [-0.1, -0.05) is 19.9 Å². The fourth-order valence-corrected chi connectivity index (χ4v) is 2.32. The summed E-state index contributed by atoms with van der Waals surface area (Å²) in [5.41, 5.74) is 4.00. The highest BCUT2D eigenvalue weighted by Crippen LogP contribution is 2.25. The summed E-state index contributed by atoms with van der Waals surface area (Å²) in [7, 11) is 0. The van der Waals surface area contributed by atoms with Crippen molar-refractivity contribution in [2.75, 3.05) is 13.2 Å². The molecule has 0 spiro atoms. The van der Waals surface area contributed by atoms with Gasteiger partial charge in [-0.2, -0.15) is 5.10 Å². The lowest BCUT2D eigenvalue weighted by Gasteiger charge is -2.09. The highest BCUT2D eigenvalue weighted by Gasteiger charge is 2.07. The first-order valence-electron chi connectivity index (χ1n) is 7.75. The molecule has 0 bridgehead atoms. The molecule has 0 aliphatic rings. The second-order valence-electron chi connectivity index (χ2n) is 5.98. The van der Waals surface area contributed by atoms with Crippen LogP contribution in [0, 0.1) is 12.8 Å². The second kappa shape index (κ2) is 10.1. The molecule has 0 saturated carbocycles. The molecule has 1 rings (SSSR count). The maximum atomic E-state index is 11.7. The van der Waals surface area contributed by atoms with Gasteiger partial charge in [-0.3, -0.25) is 9.59 Å². The molecule has 0 atom stereocenters. The van der Waals surface area contributed by atoms with Crippen molar-refractivity contribution in [2.24, 2.45) is 11.0 Å². The zero-order chi connectivity index (χ0) is 18.1. The minimum Gasteiger partial charge on any atom is -0.483 e. The summed E-state index contributed by atoms with van der Waals surface area (Å²) in [6.45, 7) is 8.17. The van der Waals surface area contributed by atoms with E-state index in [0.29, 0.717) is 23.9 Å². The number of hydrazone groups is 1. The van der Waals surface area contributed by atoms with Gasteiger partial charge >= 0.3 is 0 Å². The van der Waals surface area contributed by atoms with Crippen LogP contribution in [0.5, 0.6) is 5.75 Å². The fraction of sp³-hybridized carbons (Fsp3) is 0.471. The number of aryl methyl sites for hydroxylation is 1. The van der Waals surface area contributed by atoms with E-state index < -0.39 is 0 Å². The third kappa shape index (κ3) is 8.10. The van der Waals surface area contributed by atoms with E-state index in [2.05, 4.69) is 31.8 Å². The molecule has 6 nitrogen and oxygen atoms in total. The molecular formula is C17H24BrN3O3. The van der Waals surface area contributed by atoms with E-state index in [1.165, 1.54) is 0 Å². The van der Waals surface area contributed by atoms with Crippen LogP contribution < -0.4 is 15.5 Å². The molecule has 0 heterocycles. The first kappa shape index (κ1) is 20.2. The average Bonchev–Trinajstić information content (AvgIpc) is 2.50. The number of ether oxygens (including phenoxy) is 1. The third-order valence-corrected chi connectivity index (χ3v) is 3.56. The quantitative estimate of drug-likeness (QED) is 0.522. The molecular weight excluding hydrogens is 374 g/mol. The Morgan fingerprint density at radius 1 is 1.29 bits per heavy atom. The smallest absolute Gasteiger partial charge is 0.277 e. The number of nitrogens with zero attached hydrogens (tertiary/aromatic N) is 1. The van der Waals surface area contributed by atoms with Gasteiger partial charge in [-0.15, -0.1) is 0 Å². The van der Waals surface area contributed by atoms with Gasteiger partial charge in [0.25, 0.3) is 5.91 Å². The molecule has 0 aromatic heterocycles. The SMILES string of the molecule is CC(CC(=O)NCC(C)C)=NNC(=O)COc1ccc(C)cc1Br. The van der Waals surface area contributed by atoms with E-state index in [-0.39, 0.29) is 24.8 Å². The Morgan fingerprint density at radius 3 is 2.62 bits per heavy atom. The van der Waals surface area contributed by atoms with Gasteiger partial charge in [0.05, 0.1) is 10.9 Å². The monoisotopic (exact) mass is 397 g/mol. The van der Waals surface area contributed by atoms with Crippen molar-refractivity contribution < 1.29 is 14.3 Å². The number of rotatable bonds is 8. The van der Waals surface area contributed by atoms with Crippen molar-refractivity contribution in [1.82, 2.24) is 10.7 Å². The van der Waals surface area contributed by atoms with Crippen LogP contribution in [0.4, 0.5) is 0 Å². The number of amides is 2. The van der Waals surface area contributed by atoms with Crippen LogP contribution in [-0.2, 0) is 9.59 Å². The van der Waals surface area contributed by atoms with Gasteiger partial charge in [-0.25, -0.2) is 5.43 Å². The lowest BCUT2D eigenvalue weighted by Crippen LogP contribution is -2.30. The van der Waals surface area contributed by atoms with Crippen molar-refractivity contribution in [2.45, 2.75) is 34.1 Å². The number of carbonyl (C=O) groups is 2. The largest absolute Gasteiger partial charge is 0.483 e. The standard InChI is InChI=1S/C17H24BrN3O3/c1-11(2)9-19-16(22)8-13(4)20-21-17(23)10-24-15-6-5-12(3)7-14(15)18/h5-7,11H,8-10H2,1-4H3,(H,19,22)(H,21,23). The Labute approximate surface area is 151 Å². The van der Waals surface area contributed by atoms with Crippen molar-refractivity contribution in [3.8, 4) is 5.75 Å². The molecule has 7 heteroatoms. The Morgan fingerprint density at radius 2 is 2.00 bits per heavy atom. The second-order valence-corrected chi connectivity index (χ2v) is 6.83. The van der Waals surface area contributed by atoms with Gasteiger partial charge in [0, 0.05) is 12.3 Å². The Balaban J connectivity index is 2.37. The number of carbonyl (C=O) groups excluding carboxylic acids is 2. The van der Waals surface area contributed by atoms with Crippen molar-refractivity contribution in [3.05, 3.63) is 28.2 Å². The Bertz CT molecular complexity index is 615. The first-order chi connectivity index (χ1) is 11.3. The molecule has 0 aliphatic heterocycles. The lowest BCUT2D eigenvalue weighted by molar-refractivity contribution is -0.123. The summed E-state index contributed by atoms with van der Waals surface area (Å²) in [4.78, 5) is 23.4. The van der Waals surface area contributed by atoms with E-state index in [1.807, 2.05) is 32.9 Å². The minimum absolute atomic E-state index is 0.112. The van der Waals surface area contributed by atoms with Gasteiger partial charge in [0.15, 0.2) is 6.61 Å². The van der Waals surface area contributed by atoms with Crippen molar-refractivity contribution in [1.29, 1.82) is 0 Å². The van der Waals surface area contributed by atoms with Crippen LogP contribution in [0.15, 0.2) is 27.8 Å². The van der Waals surface area contributed by atoms with E-state index in [4.69, 9.17) is 4.74 Å². The normalized spacial score (nSPS) is 11.3. The van der Waals surface area contributed by atoms with Crippen LogP contribution in [0.2, 0.25) is 0 Å². The molecule has 0 radical (unpaired) electrons. The Hall–Kier alpha value is -1.89. The number of nitrogens with one attached hydrogen (secondary N) is 2.